The molecule has 9 heteroatoms. The molecule has 1 aromatic heterocycles. The summed E-state index contributed by atoms with van der Waals surface area (Å²) in [6, 6.07) is 12.8. The van der Waals surface area contributed by atoms with Gasteiger partial charge in [0.15, 0.2) is 6.23 Å². The van der Waals surface area contributed by atoms with E-state index in [1.54, 1.807) is 18.2 Å². The third kappa shape index (κ3) is 4.52. The van der Waals surface area contributed by atoms with E-state index in [0.717, 1.165) is 4.57 Å². The van der Waals surface area contributed by atoms with Crippen molar-refractivity contribution in [2.75, 3.05) is 13.7 Å². The van der Waals surface area contributed by atoms with Crippen LogP contribution in [0.2, 0.25) is 0 Å². The molecule has 0 spiro atoms. The van der Waals surface area contributed by atoms with Crippen molar-refractivity contribution in [2.24, 2.45) is 4.99 Å². The van der Waals surface area contributed by atoms with E-state index in [9.17, 15) is 15.0 Å². The molecule has 0 amide bonds. The van der Waals surface area contributed by atoms with Gasteiger partial charge in [-0.15, -0.1) is 6.07 Å². The molecule has 4 atom stereocenters. The summed E-state index contributed by atoms with van der Waals surface area (Å²) in [4.78, 5) is 19.0. The third-order valence-corrected chi connectivity index (χ3v) is 3.67. The molecular weight excluding hydrogens is 403 g/mol. The maximum absolute atomic E-state index is 12.2. The van der Waals surface area contributed by atoms with Crippen molar-refractivity contribution in [3.05, 3.63) is 58.6 Å². The van der Waals surface area contributed by atoms with Crippen LogP contribution in [0.1, 0.15) is 6.23 Å². The standard InChI is InChI=1S/C16H17N3O5.Y/c1-23-9-11-13(20)14(21)15(24-11)19-8-7-12(18-16(19)22)17-10-5-3-2-4-6-10;/h2-5,8,11,13-15,20-21H,9H2,1H3,(H,17,18,22);/q-2;/t11-,13?,14+,15-;/m1./s1. The molecule has 1 aromatic carbocycles. The van der Waals surface area contributed by atoms with Crippen molar-refractivity contribution in [1.82, 2.24) is 9.55 Å². The van der Waals surface area contributed by atoms with Gasteiger partial charge in [-0.1, -0.05) is 5.69 Å². The van der Waals surface area contributed by atoms with Crippen molar-refractivity contribution >= 4 is 5.69 Å². The Hall–Kier alpha value is -1.16. The van der Waals surface area contributed by atoms with Crippen molar-refractivity contribution in [3.8, 4) is 0 Å². The van der Waals surface area contributed by atoms with Crippen LogP contribution in [0.5, 0.6) is 0 Å². The Bertz CT molecular complexity index is 807. The van der Waals surface area contributed by atoms with Gasteiger partial charge < -0.3 is 35.3 Å². The molecule has 2 heterocycles. The number of aromatic amines is 1. The van der Waals surface area contributed by atoms with Gasteiger partial charge in [0.25, 0.3) is 0 Å². The average molecular weight is 420 g/mol. The van der Waals surface area contributed by atoms with E-state index in [0.29, 0.717) is 5.69 Å². The Labute approximate surface area is 169 Å². The van der Waals surface area contributed by atoms with E-state index in [-0.39, 0.29) is 44.8 Å². The summed E-state index contributed by atoms with van der Waals surface area (Å²) in [5.41, 5.74) is 0.229. The number of hydrogen-bond acceptors (Lipinski definition) is 6. The van der Waals surface area contributed by atoms with E-state index in [1.807, 2.05) is 6.07 Å². The summed E-state index contributed by atoms with van der Waals surface area (Å²) in [5.74, 6) is 0. The minimum absolute atomic E-state index is 0. The van der Waals surface area contributed by atoms with E-state index in [2.05, 4.69) is 22.1 Å². The van der Waals surface area contributed by atoms with Crippen molar-refractivity contribution in [2.45, 2.75) is 24.5 Å². The number of benzene rings is 1. The predicted octanol–water partition coefficient (Wildman–Crippen LogP) is -0.728. The molecule has 8 nitrogen and oxygen atoms in total. The van der Waals surface area contributed by atoms with Crippen LogP contribution in [0.15, 0.2) is 40.2 Å². The number of nitrogens with zero attached hydrogens (tertiary/aromatic N) is 2. The molecule has 1 aliphatic rings. The zero-order valence-electron chi connectivity index (χ0n) is 13.5. The molecule has 1 radical (unpaired) electrons. The van der Waals surface area contributed by atoms with E-state index >= 15 is 0 Å². The first kappa shape index (κ1) is 20.2. The monoisotopic (exact) mass is 420 g/mol. The SMILES string of the molecule is COC[C@H]1O[C@@H](n2c[c-]c(=Nc3[c-]cccc3)[nH]c2=O)[C@@H](O)C1O.[Y]. The van der Waals surface area contributed by atoms with Crippen molar-refractivity contribution in [1.29, 1.82) is 0 Å². The van der Waals surface area contributed by atoms with Crippen LogP contribution >= 0.6 is 0 Å². The van der Waals surface area contributed by atoms with Gasteiger partial charge in [0.05, 0.1) is 6.61 Å². The van der Waals surface area contributed by atoms with Crippen LogP contribution in [0.25, 0.3) is 0 Å². The van der Waals surface area contributed by atoms with Crippen LogP contribution in [0.4, 0.5) is 5.69 Å². The Morgan fingerprint density at radius 2 is 2.16 bits per heavy atom. The zero-order valence-corrected chi connectivity index (χ0v) is 16.3. The smallest absolute Gasteiger partial charge is 0.324 e. The third-order valence-electron chi connectivity index (χ3n) is 3.67. The number of para-hydroxylation sites is 1. The maximum Gasteiger partial charge on any atom is 0.324 e. The van der Waals surface area contributed by atoms with Crippen molar-refractivity contribution < 1.29 is 52.4 Å². The second-order valence-electron chi connectivity index (χ2n) is 5.32. The number of H-pyrrole nitrogens is 1. The Kier molecular flexibility index (Phi) is 7.24. The molecule has 3 rings (SSSR count). The first-order chi connectivity index (χ1) is 11.6. The number of hydrogen-bond donors (Lipinski definition) is 3. The van der Waals surface area contributed by atoms with Crippen LogP contribution in [0, 0.1) is 12.1 Å². The summed E-state index contributed by atoms with van der Waals surface area (Å²) in [6.07, 6.45) is -2.82. The molecule has 25 heavy (non-hydrogen) atoms. The normalized spacial score (nSPS) is 26.4. The van der Waals surface area contributed by atoms with Crippen LogP contribution in [-0.4, -0.2) is 51.8 Å². The number of methoxy groups -OCH3 is 1. The molecule has 131 valence electrons. The molecule has 0 aliphatic carbocycles. The number of ether oxygens (including phenoxy) is 2. The fourth-order valence-electron chi connectivity index (χ4n) is 2.48. The summed E-state index contributed by atoms with van der Waals surface area (Å²) >= 11 is 0. The topological polar surface area (TPSA) is 109 Å². The van der Waals surface area contributed by atoms with E-state index in [1.165, 1.54) is 13.3 Å². The molecule has 0 bridgehead atoms. The fourth-order valence-corrected chi connectivity index (χ4v) is 2.48. The zero-order chi connectivity index (χ0) is 17.1. The molecule has 1 fully saturated rings. The molecular formula is C16H17N3O5Y-2. The quantitative estimate of drug-likeness (QED) is 0.566. The number of nitrogens with one attached hydrogen (secondary N) is 1. The van der Waals surface area contributed by atoms with E-state index in [4.69, 9.17) is 9.47 Å². The number of aromatic nitrogens is 2. The minimum atomic E-state index is -1.25. The van der Waals surface area contributed by atoms with Gasteiger partial charge >= 0.3 is 5.69 Å². The molecule has 1 saturated heterocycles. The number of aliphatic hydroxyl groups is 2. The predicted molar refractivity (Wildman–Crippen MR) is 82.2 cm³/mol. The van der Waals surface area contributed by atoms with Gasteiger partial charge in [0, 0.05) is 39.8 Å². The Morgan fingerprint density at radius 3 is 2.80 bits per heavy atom. The second kappa shape index (κ2) is 8.98. The number of aliphatic hydroxyl groups excluding tert-OH is 2. The van der Waals surface area contributed by atoms with Gasteiger partial charge in [-0.3, -0.25) is 4.99 Å². The van der Waals surface area contributed by atoms with Crippen LogP contribution < -0.4 is 11.2 Å². The van der Waals surface area contributed by atoms with Crippen molar-refractivity contribution in [3.63, 3.8) is 0 Å². The summed E-state index contributed by atoms with van der Waals surface area (Å²) in [5, 5.41) is 20.0. The van der Waals surface area contributed by atoms with Crippen LogP contribution in [-0.2, 0) is 42.2 Å². The maximum atomic E-state index is 12.2. The summed E-state index contributed by atoms with van der Waals surface area (Å²) < 4.78 is 11.6. The van der Waals surface area contributed by atoms with Gasteiger partial charge in [0.1, 0.15) is 18.3 Å². The average Bonchev–Trinajstić information content (AvgIpc) is 2.85. The summed E-state index contributed by atoms with van der Waals surface area (Å²) in [6.45, 7) is 0.105. The largest absolute Gasteiger partial charge is 0.410 e. The minimum Gasteiger partial charge on any atom is -0.410 e. The van der Waals surface area contributed by atoms with Gasteiger partial charge in [0.2, 0.25) is 0 Å². The first-order valence-electron chi connectivity index (χ1n) is 7.35. The second-order valence-corrected chi connectivity index (χ2v) is 5.32. The van der Waals surface area contributed by atoms with Crippen LogP contribution in [0.3, 0.4) is 0 Å². The Balaban J connectivity index is 0.00000225. The van der Waals surface area contributed by atoms with Gasteiger partial charge in [-0.25, -0.2) is 4.79 Å². The number of rotatable bonds is 4. The molecule has 2 aromatic rings. The van der Waals surface area contributed by atoms with Gasteiger partial charge in [-0.05, 0) is 5.49 Å². The van der Waals surface area contributed by atoms with Gasteiger partial charge in [-0.2, -0.15) is 30.5 Å². The summed E-state index contributed by atoms with van der Waals surface area (Å²) in [7, 11) is 1.46. The van der Waals surface area contributed by atoms with E-state index < -0.39 is 30.2 Å². The molecule has 0 saturated carbocycles. The molecule has 1 aliphatic heterocycles. The first-order valence-corrected chi connectivity index (χ1v) is 7.35. The Morgan fingerprint density at radius 1 is 1.36 bits per heavy atom. The fraction of sp³-hybridized carbons (Fsp3) is 0.375. The molecule has 3 N–H and O–H groups in total. The molecule has 1 unspecified atom stereocenters.